The van der Waals surface area contributed by atoms with Crippen molar-refractivity contribution < 1.29 is 28.4 Å². The number of benzene rings is 2. The molecule has 0 saturated carbocycles. The van der Waals surface area contributed by atoms with Gasteiger partial charge in [0.1, 0.15) is 26.4 Å². The summed E-state index contributed by atoms with van der Waals surface area (Å²) in [6, 6.07) is 10.4. The van der Waals surface area contributed by atoms with Crippen molar-refractivity contribution >= 4 is 21.8 Å². The predicted molar refractivity (Wildman–Crippen MR) is 142 cm³/mol. The minimum atomic E-state index is -0.173. The summed E-state index contributed by atoms with van der Waals surface area (Å²) in [6.45, 7) is 6.25. The lowest BCUT2D eigenvalue weighted by Crippen LogP contribution is -2.16. The molecule has 0 radical (unpaired) electrons. The van der Waals surface area contributed by atoms with Crippen LogP contribution < -0.4 is 30.1 Å². The Hall–Kier alpha value is -4.02. The molecular weight excluding hydrogens is 492 g/mol. The van der Waals surface area contributed by atoms with Crippen LogP contribution in [-0.4, -0.2) is 62.8 Å². The van der Waals surface area contributed by atoms with Crippen LogP contribution in [0.2, 0.25) is 0 Å². The topological polar surface area (TPSA) is 121 Å². The quantitative estimate of drug-likeness (QED) is 0.361. The summed E-state index contributed by atoms with van der Waals surface area (Å²) in [6.07, 6.45) is 0. The van der Waals surface area contributed by atoms with Crippen LogP contribution >= 0.6 is 0 Å². The van der Waals surface area contributed by atoms with Crippen LogP contribution in [0.15, 0.2) is 46.0 Å². The lowest BCUT2D eigenvalue weighted by molar-refractivity contribution is 0.0641. The van der Waals surface area contributed by atoms with E-state index in [1.165, 1.54) is 0 Å². The molecule has 200 valence electrons. The molecule has 0 fully saturated rings. The van der Waals surface area contributed by atoms with Crippen molar-refractivity contribution in [2.45, 2.75) is 13.8 Å². The number of fused-ring (bicyclic) bond motifs is 4. The number of pyridine rings is 2. The summed E-state index contributed by atoms with van der Waals surface area (Å²) in [7, 11) is 0. The van der Waals surface area contributed by atoms with Gasteiger partial charge in [-0.05, 0) is 37.1 Å². The number of ether oxygens (including phenoxy) is 6. The predicted octanol–water partition coefficient (Wildman–Crippen LogP) is 3.25. The van der Waals surface area contributed by atoms with E-state index in [-0.39, 0.29) is 24.3 Å². The highest BCUT2D eigenvalue weighted by Gasteiger charge is 2.13. The van der Waals surface area contributed by atoms with Gasteiger partial charge in [0, 0.05) is 35.0 Å². The zero-order valence-corrected chi connectivity index (χ0v) is 21.4. The number of aromatic amines is 2. The van der Waals surface area contributed by atoms with Crippen LogP contribution in [0.3, 0.4) is 0 Å². The van der Waals surface area contributed by atoms with Crippen LogP contribution in [0.1, 0.15) is 11.1 Å². The van der Waals surface area contributed by atoms with E-state index in [0.717, 1.165) is 21.9 Å². The monoisotopic (exact) mass is 522 g/mol. The highest BCUT2D eigenvalue weighted by Crippen LogP contribution is 2.34. The Morgan fingerprint density at radius 1 is 0.500 bits per heavy atom. The van der Waals surface area contributed by atoms with Gasteiger partial charge in [0.2, 0.25) is 11.1 Å². The molecule has 0 amide bonds. The van der Waals surface area contributed by atoms with Crippen LogP contribution in [0, 0.1) is 13.8 Å². The molecule has 0 bridgehead atoms. The van der Waals surface area contributed by atoms with Crippen LogP contribution in [0.25, 0.3) is 21.8 Å². The molecule has 2 aromatic carbocycles. The highest BCUT2D eigenvalue weighted by molar-refractivity contribution is 5.86. The van der Waals surface area contributed by atoms with Crippen LogP contribution in [0.4, 0.5) is 0 Å². The molecule has 3 heterocycles. The minimum Gasteiger partial charge on any atom is -0.487 e. The number of hydrogen-bond acceptors (Lipinski definition) is 8. The van der Waals surface area contributed by atoms with E-state index in [1.54, 1.807) is 24.3 Å². The first-order chi connectivity index (χ1) is 18.5. The van der Waals surface area contributed by atoms with E-state index in [9.17, 15) is 9.59 Å². The zero-order chi connectivity index (χ0) is 26.5. The van der Waals surface area contributed by atoms with Gasteiger partial charge in [-0.15, -0.1) is 0 Å². The number of aromatic nitrogens is 2. The summed E-state index contributed by atoms with van der Waals surface area (Å²) in [5, 5.41) is 1.75. The maximum Gasteiger partial charge on any atom is 0.248 e. The largest absolute Gasteiger partial charge is 0.487 e. The number of rotatable bonds is 0. The molecule has 0 saturated heterocycles. The molecule has 1 aliphatic heterocycles. The number of hydrogen-bond donors (Lipinski definition) is 2. The number of aryl methyl sites for hydroxylation is 2. The molecule has 2 N–H and O–H groups in total. The molecule has 0 unspecified atom stereocenters. The molecule has 2 aromatic heterocycles. The number of nitrogens with one attached hydrogen (secondary N) is 2. The summed E-state index contributed by atoms with van der Waals surface area (Å²) < 4.78 is 35.3. The SMILES string of the molecule is Cc1cc(=O)[nH]c2cc3c(cc12)OCCOCCOc1cc2[nH]c(=O)cc(C)c2cc1OCCOCCO3. The van der Waals surface area contributed by atoms with Gasteiger partial charge in [0.25, 0.3) is 0 Å². The van der Waals surface area contributed by atoms with Crippen molar-refractivity contribution in [1.82, 2.24) is 9.97 Å². The van der Waals surface area contributed by atoms with Crippen LogP contribution in [-0.2, 0) is 9.47 Å². The third-order valence-corrected chi connectivity index (χ3v) is 6.17. The summed E-state index contributed by atoms with van der Waals surface area (Å²) in [5.74, 6) is 2.14. The lowest BCUT2D eigenvalue weighted by atomic mass is 10.1. The fourth-order valence-electron chi connectivity index (χ4n) is 4.36. The van der Waals surface area contributed by atoms with Gasteiger partial charge in [-0.2, -0.15) is 0 Å². The molecule has 5 rings (SSSR count). The first kappa shape index (κ1) is 25.6. The Kier molecular flexibility index (Phi) is 7.81. The second-order valence-corrected chi connectivity index (χ2v) is 8.94. The highest BCUT2D eigenvalue weighted by atomic mass is 16.6. The van der Waals surface area contributed by atoms with E-state index in [1.807, 2.05) is 26.0 Å². The van der Waals surface area contributed by atoms with Crippen molar-refractivity contribution in [2.75, 3.05) is 52.9 Å². The van der Waals surface area contributed by atoms with Gasteiger partial charge in [0.15, 0.2) is 23.0 Å². The standard InChI is InChI=1S/C28H30N2O8/c1-17-11-27(31)29-21-15-25-23(13-19(17)21)35-7-3-33-6-10-38-26-16-22-20(18(2)12-28(32)30-22)14-24(26)36-8-4-34-5-9-37-25/h11-16H,3-10H2,1-2H3,(H,29,31)(H,30,32). The zero-order valence-electron chi connectivity index (χ0n) is 21.4. The summed E-state index contributed by atoms with van der Waals surface area (Å²) in [5.41, 5.74) is 2.69. The molecular formula is C28H30N2O8. The maximum atomic E-state index is 11.9. The minimum absolute atomic E-state index is 0.173. The average molecular weight is 523 g/mol. The van der Waals surface area contributed by atoms with Gasteiger partial charge in [-0.3, -0.25) is 9.59 Å². The average Bonchev–Trinajstić information content (AvgIpc) is 2.87. The fraction of sp³-hybridized carbons (Fsp3) is 0.357. The van der Waals surface area contributed by atoms with Gasteiger partial charge >= 0.3 is 0 Å². The molecule has 10 heteroatoms. The molecule has 4 aromatic rings. The smallest absolute Gasteiger partial charge is 0.248 e. The third-order valence-electron chi connectivity index (χ3n) is 6.17. The van der Waals surface area contributed by atoms with Crippen LogP contribution in [0.5, 0.6) is 23.0 Å². The van der Waals surface area contributed by atoms with Crippen molar-refractivity contribution in [1.29, 1.82) is 0 Å². The maximum absolute atomic E-state index is 11.9. The van der Waals surface area contributed by atoms with Gasteiger partial charge in [0.05, 0.1) is 37.5 Å². The first-order valence-electron chi connectivity index (χ1n) is 12.5. The fourth-order valence-corrected chi connectivity index (χ4v) is 4.36. The summed E-state index contributed by atoms with van der Waals surface area (Å²) in [4.78, 5) is 29.6. The summed E-state index contributed by atoms with van der Waals surface area (Å²) >= 11 is 0. The van der Waals surface area contributed by atoms with E-state index >= 15 is 0 Å². The molecule has 0 atom stereocenters. The Morgan fingerprint density at radius 3 is 1.21 bits per heavy atom. The van der Waals surface area contributed by atoms with Crippen molar-refractivity contribution in [3.63, 3.8) is 0 Å². The Bertz CT molecular complexity index is 1440. The van der Waals surface area contributed by atoms with Crippen molar-refractivity contribution in [2.24, 2.45) is 0 Å². The van der Waals surface area contributed by atoms with E-state index in [2.05, 4.69) is 9.97 Å². The lowest BCUT2D eigenvalue weighted by Gasteiger charge is -2.17. The van der Waals surface area contributed by atoms with Crippen molar-refractivity contribution in [3.05, 3.63) is 68.2 Å². The Labute approximate surface area is 218 Å². The van der Waals surface area contributed by atoms with Crippen molar-refractivity contribution in [3.8, 4) is 23.0 Å². The normalized spacial score (nSPS) is 15.6. The second kappa shape index (κ2) is 11.6. The van der Waals surface area contributed by atoms with E-state index < -0.39 is 0 Å². The first-order valence-corrected chi connectivity index (χ1v) is 12.5. The van der Waals surface area contributed by atoms with Gasteiger partial charge < -0.3 is 38.4 Å². The molecule has 1 aliphatic rings. The van der Waals surface area contributed by atoms with E-state index in [0.29, 0.717) is 73.7 Å². The van der Waals surface area contributed by atoms with Gasteiger partial charge in [-0.1, -0.05) is 0 Å². The van der Waals surface area contributed by atoms with E-state index in [4.69, 9.17) is 28.4 Å². The molecule has 10 nitrogen and oxygen atoms in total. The molecule has 0 aliphatic carbocycles. The van der Waals surface area contributed by atoms with Gasteiger partial charge in [-0.25, -0.2) is 0 Å². The Morgan fingerprint density at radius 2 is 0.842 bits per heavy atom. The molecule has 38 heavy (non-hydrogen) atoms. The number of H-pyrrole nitrogens is 2. The Balaban J connectivity index is 1.32. The second-order valence-electron chi connectivity index (χ2n) is 8.94. The third kappa shape index (κ3) is 5.92. The molecule has 0 spiro atoms.